The van der Waals surface area contributed by atoms with E-state index in [-0.39, 0.29) is 16.8 Å². The number of halogens is 1. The van der Waals surface area contributed by atoms with Gasteiger partial charge in [-0.1, -0.05) is 13.3 Å². The maximum Gasteiger partial charge on any atom is 0.347 e. The lowest BCUT2D eigenvalue weighted by molar-refractivity contribution is -0.151. The van der Waals surface area contributed by atoms with E-state index in [1.165, 1.54) is 12.1 Å². The molecule has 0 aromatic heterocycles. The molecule has 2 aromatic carbocycles. The van der Waals surface area contributed by atoms with E-state index in [1.54, 1.807) is 31.2 Å². The maximum absolute atomic E-state index is 13.8. The van der Waals surface area contributed by atoms with Gasteiger partial charge in [-0.2, -0.15) is 5.26 Å². The molecule has 2 N–H and O–H groups in total. The predicted molar refractivity (Wildman–Crippen MR) is 97.2 cm³/mol. The van der Waals surface area contributed by atoms with Crippen LogP contribution in [0.3, 0.4) is 0 Å². The molecular weight excluding hydrogens is 353 g/mol. The molecule has 1 atom stereocenters. The van der Waals surface area contributed by atoms with Crippen LogP contribution in [0.25, 0.3) is 0 Å². The molecule has 0 radical (unpaired) electrons. The Kier molecular flexibility index (Phi) is 8.76. The Morgan fingerprint density at radius 1 is 1.19 bits per heavy atom. The first kappa shape index (κ1) is 21.9. The monoisotopic (exact) mass is 375 g/mol. The Balaban J connectivity index is 0.00000364. The van der Waals surface area contributed by atoms with E-state index in [4.69, 9.17) is 19.5 Å². The quantitative estimate of drug-likeness (QED) is 0.516. The van der Waals surface area contributed by atoms with Gasteiger partial charge in [0, 0.05) is 0 Å². The van der Waals surface area contributed by atoms with Crippen molar-refractivity contribution in [2.24, 2.45) is 0 Å². The summed E-state index contributed by atoms with van der Waals surface area (Å²) in [5, 5.41) is 8.74. The van der Waals surface area contributed by atoms with Crippen LogP contribution in [0.4, 0.5) is 4.39 Å². The van der Waals surface area contributed by atoms with Gasteiger partial charge in [0.25, 0.3) is 0 Å². The van der Waals surface area contributed by atoms with Crippen molar-refractivity contribution < 1.29 is 28.9 Å². The normalized spacial score (nSPS) is 10.9. The van der Waals surface area contributed by atoms with Crippen LogP contribution in [0, 0.1) is 17.1 Å². The van der Waals surface area contributed by atoms with Crippen molar-refractivity contribution in [1.82, 2.24) is 0 Å². The second-order valence-corrected chi connectivity index (χ2v) is 5.61. The lowest BCUT2D eigenvalue weighted by atomic mass is 10.2. The minimum atomic E-state index is -0.727. The van der Waals surface area contributed by atoms with Gasteiger partial charge in [-0.3, -0.25) is 0 Å². The van der Waals surface area contributed by atoms with Crippen LogP contribution >= 0.6 is 0 Å². The van der Waals surface area contributed by atoms with E-state index in [0.717, 1.165) is 18.9 Å². The third-order valence-corrected chi connectivity index (χ3v) is 3.50. The van der Waals surface area contributed by atoms with Crippen molar-refractivity contribution in [2.45, 2.75) is 32.8 Å². The van der Waals surface area contributed by atoms with Gasteiger partial charge < -0.3 is 19.7 Å². The molecular formula is C20H22FNO5. The molecule has 2 aromatic rings. The predicted octanol–water partition coefficient (Wildman–Crippen LogP) is 3.78. The van der Waals surface area contributed by atoms with Gasteiger partial charge in [0.15, 0.2) is 17.7 Å². The fraction of sp³-hybridized carbons (Fsp3) is 0.300. The molecule has 0 bridgehead atoms. The molecule has 1 unspecified atom stereocenters. The summed E-state index contributed by atoms with van der Waals surface area (Å²) in [4.78, 5) is 11.8. The van der Waals surface area contributed by atoms with Crippen LogP contribution in [-0.4, -0.2) is 24.2 Å². The summed E-state index contributed by atoms with van der Waals surface area (Å²) in [7, 11) is 0. The number of hydrogen-bond acceptors (Lipinski definition) is 5. The smallest absolute Gasteiger partial charge is 0.347 e. The van der Waals surface area contributed by atoms with Crippen LogP contribution in [0.2, 0.25) is 0 Å². The molecule has 0 saturated carbocycles. The highest BCUT2D eigenvalue weighted by Gasteiger charge is 2.16. The first-order valence-electron chi connectivity index (χ1n) is 8.34. The number of unbranched alkanes of at least 4 members (excludes halogenated alkanes) is 1. The minimum Gasteiger partial charge on any atom is -0.479 e. The first-order valence-corrected chi connectivity index (χ1v) is 8.34. The van der Waals surface area contributed by atoms with Crippen molar-refractivity contribution in [2.75, 3.05) is 6.61 Å². The summed E-state index contributed by atoms with van der Waals surface area (Å²) < 4.78 is 29.9. The molecule has 0 saturated heterocycles. The third-order valence-electron chi connectivity index (χ3n) is 3.50. The average molecular weight is 375 g/mol. The molecule has 0 spiro atoms. The van der Waals surface area contributed by atoms with Crippen LogP contribution < -0.4 is 9.47 Å². The van der Waals surface area contributed by atoms with E-state index in [1.807, 2.05) is 13.0 Å². The molecule has 0 fully saturated rings. The van der Waals surface area contributed by atoms with Gasteiger partial charge in [0.05, 0.1) is 18.2 Å². The summed E-state index contributed by atoms with van der Waals surface area (Å²) in [6, 6.07) is 12.3. The number of carbonyl (C=O) groups excluding carboxylic acids is 1. The van der Waals surface area contributed by atoms with E-state index in [0.29, 0.717) is 18.1 Å². The van der Waals surface area contributed by atoms with Gasteiger partial charge in [-0.15, -0.1) is 0 Å². The molecule has 0 amide bonds. The van der Waals surface area contributed by atoms with Crippen LogP contribution in [0.5, 0.6) is 17.2 Å². The number of hydrogen-bond donors (Lipinski definition) is 0. The van der Waals surface area contributed by atoms with Crippen molar-refractivity contribution in [3.8, 4) is 23.3 Å². The molecule has 0 aliphatic heterocycles. The highest BCUT2D eigenvalue weighted by Crippen LogP contribution is 2.27. The minimum absolute atomic E-state index is 0. The van der Waals surface area contributed by atoms with Gasteiger partial charge in [-0.25, -0.2) is 9.18 Å². The molecule has 0 heterocycles. The number of nitrogens with zero attached hydrogens (tertiary/aromatic N) is 1. The largest absolute Gasteiger partial charge is 0.479 e. The Morgan fingerprint density at radius 3 is 2.44 bits per heavy atom. The zero-order valence-electron chi connectivity index (χ0n) is 15.2. The number of rotatable bonds is 8. The Morgan fingerprint density at radius 2 is 1.85 bits per heavy atom. The van der Waals surface area contributed by atoms with Crippen molar-refractivity contribution in [3.05, 3.63) is 53.8 Å². The second kappa shape index (κ2) is 10.8. The highest BCUT2D eigenvalue weighted by atomic mass is 19.1. The lowest BCUT2D eigenvalue weighted by Crippen LogP contribution is -2.26. The van der Waals surface area contributed by atoms with Gasteiger partial charge >= 0.3 is 5.97 Å². The van der Waals surface area contributed by atoms with E-state index >= 15 is 0 Å². The van der Waals surface area contributed by atoms with Gasteiger partial charge in [0.1, 0.15) is 11.5 Å². The molecule has 7 heteroatoms. The number of nitriles is 1. The fourth-order valence-corrected chi connectivity index (χ4v) is 2.05. The molecule has 0 aliphatic carbocycles. The SMILES string of the molecule is CCCCOC(=O)C(C)Oc1ccc(Oc2ccc(C#N)cc2F)cc1.O. The highest BCUT2D eigenvalue weighted by molar-refractivity contribution is 5.74. The lowest BCUT2D eigenvalue weighted by Gasteiger charge is -2.14. The Labute approximate surface area is 157 Å². The van der Waals surface area contributed by atoms with Crippen LogP contribution in [-0.2, 0) is 9.53 Å². The van der Waals surface area contributed by atoms with E-state index < -0.39 is 17.9 Å². The summed E-state index contributed by atoms with van der Waals surface area (Å²) in [6.07, 6.45) is 1.04. The number of benzene rings is 2. The second-order valence-electron chi connectivity index (χ2n) is 5.61. The van der Waals surface area contributed by atoms with Crippen molar-refractivity contribution >= 4 is 5.97 Å². The van der Waals surface area contributed by atoms with Gasteiger partial charge in [-0.05, 0) is 55.8 Å². The van der Waals surface area contributed by atoms with Crippen molar-refractivity contribution in [1.29, 1.82) is 5.26 Å². The number of esters is 1. The molecule has 144 valence electrons. The van der Waals surface area contributed by atoms with Crippen LogP contribution in [0.15, 0.2) is 42.5 Å². The molecule has 2 rings (SSSR count). The van der Waals surface area contributed by atoms with Crippen molar-refractivity contribution in [3.63, 3.8) is 0 Å². The first-order chi connectivity index (χ1) is 12.5. The Bertz CT molecular complexity index is 786. The fourth-order valence-electron chi connectivity index (χ4n) is 2.05. The summed E-state index contributed by atoms with van der Waals surface area (Å²) in [6.45, 7) is 4.01. The number of carbonyl (C=O) groups is 1. The zero-order valence-corrected chi connectivity index (χ0v) is 15.2. The third kappa shape index (κ3) is 6.60. The summed E-state index contributed by atoms with van der Waals surface area (Å²) in [5.74, 6) is -0.145. The Hall–Kier alpha value is -3.11. The maximum atomic E-state index is 13.8. The standard InChI is InChI=1S/C20H20FNO4.H2O/c1-3-4-11-24-20(23)14(2)25-16-6-8-17(9-7-16)26-19-10-5-15(13-22)12-18(19)21;/h5-10,12,14H,3-4,11H2,1-2H3;1H2. The summed E-state index contributed by atoms with van der Waals surface area (Å²) in [5.41, 5.74) is 0.221. The number of ether oxygens (including phenoxy) is 3. The molecule has 0 aliphatic rings. The average Bonchev–Trinajstić information content (AvgIpc) is 2.65. The van der Waals surface area contributed by atoms with Gasteiger partial charge in [0.2, 0.25) is 0 Å². The topological polar surface area (TPSA) is 100 Å². The van der Waals surface area contributed by atoms with E-state index in [2.05, 4.69) is 0 Å². The summed E-state index contributed by atoms with van der Waals surface area (Å²) >= 11 is 0. The van der Waals surface area contributed by atoms with Crippen LogP contribution in [0.1, 0.15) is 32.3 Å². The molecule has 27 heavy (non-hydrogen) atoms. The molecule has 6 nitrogen and oxygen atoms in total. The zero-order chi connectivity index (χ0) is 18.9. The van der Waals surface area contributed by atoms with E-state index in [9.17, 15) is 9.18 Å².